The Labute approximate surface area is 144 Å². The molecule has 0 bridgehead atoms. The van der Waals surface area contributed by atoms with E-state index < -0.39 is 0 Å². The second kappa shape index (κ2) is 6.91. The molecule has 24 heavy (non-hydrogen) atoms. The van der Waals surface area contributed by atoms with Crippen LogP contribution in [0.1, 0.15) is 17.0 Å². The average molecular weight is 341 g/mol. The SMILES string of the molecule is Cc1c(CNc2cc(-c3cccs3)nn2CCO)cc(C#N)n1C. The van der Waals surface area contributed by atoms with Crippen LogP contribution in [0.25, 0.3) is 10.6 Å². The van der Waals surface area contributed by atoms with E-state index in [9.17, 15) is 5.11 Å². The van der Waals surface area contributed by atoms with E-state index in [4.69, 9.17) is 5.26 Å². The summed E-state index contributed by atoms with van der Waals surface area (Å²) in [5, 5.41) is 28.3. The molecule has 0 aromatic carbocycles. The second-order valence-electron chi connectivity index (χ2n) is 5.50. The summed E-state index contributed by atoms with van der Waals surface area (Å²) in [5.41, 5.74) is 3.67. The summed E-state index contributed by atoms with van der Waals surface area (Å²) in [6.45, 7) is 3.07. The number of nitrogens with one attached hydrogen (secondary N) is 1. The van der Waals surface area contributed by atoms with Crippen LogP contribution in [0.3, 0.4) is 0 Å². The van der Waals surface area contributed by atoms with Gasteiger partial charge in [-0.25, -0.2) is 4.68 Å². The minimum absolute atomic E-state index is 0.0309. The number of thiophene rings is 1. The van der Waals surface area contributed by atoms with Crippen molar-refractivity contribution in [2.24, 2.45) is 7.05 Å². The van der Waals surface area contributed by atoms with Gasteiger partial charge in [0.15, 0.2) is 0 Å². The van der Waals surface area contributed by atoms with Gasteiger partial charge in [0.1, 0.15) is 23.3 Å². The fourth-order valence-electron chi connectivity index (χ4n) is 2.60. The smallest absolute Gasteiger partial charge is 0.125 e. The molecule has 0 atom stereocenters. The van der Waals surface area contributed by atoms with E-state index in [-0.39, 0.29) is 6.61 Å². The Balaban J connectivity index is 1.83. The number of nitriles is 1. The second-order valence-corrected chi connectivity index (χ2v) is 6.45. The summed E-state index contributed by atoms with van der Waals surface area (Å²) in [7, 11) is 1.89. The lowest BCUT2D eigenvalue weighted by molar-refractivity contribution is 0.270. The molecule has 0 fully saturated rings. The molecule has 0 amide bonds. The van der Waals surface area contributed by atoms with Gasteiger partial charge in [0.05, 0.1) is 18.0 Å². The minimum Gasteiger partial charge on any atom is -0.394 e. The molecule has 2 N–H and O–H groups in total. The first-order valence-corrected chi connectivity index (χ1v) is 8.53. The lowest BCUT2D eigenvalue weighted by Gasteiger charge is -2.08. The Bertz CT molecular complexity index is 870. The van der Waals surface area contributed by atoms with Gasteiger partial charge in [-0.1, -0.05) is 6.07 Å². The van der Waals surface area contributed by atoms with Crippen molar-refractivity contribution >= 4 is 17.2 Å². The minimum atomic E-state index is 0.0309. The first kappa shape index (κ1) is 16.3. The van der Waals surface area contributed by atoms with Crippen LogP contribution in [0.4, 0.5) is 5.82 Å². The molecule has 3 aromatic rings. The molecule has 6 nitrogen and oxygen atoms in total. The highest BCUT2D eigenvalue weighted by Gasteiger charge is 2.12. The van der Waals surface area contributed by atoms with Gasteiger partial charge < -0.3 is 15.0 Å². The number of rotatable bonds is 6. The maximum absolute atomic E-state index is 9.26. The third-order valence-electron chi connectivity index (χ3n) is 4.08. The molecule has 3 aromatic heterocycles. The number of aromatic nitrogens is 3. The summed E-state index contributed by atoms with van der Waals surface area (Å²) in [5.74, 6) is 0.856. The predicted molar refractivity (Wildman–Crippen MR) is 94.8 cm³/mol. The van der Waals surface area contributed by atoms with E-state index in [1.54, 1.807) is 16.0 Å². The van der Waals surface area contributed by atoms with Crippen molar-refractivity contribution in [1.29, 1.82) is 5.26 Å². The van der Waals surface area contributed by atoms with Crippen molar-refractivity contribution in [1.82, 2.24) is 14.3 Å². The molecular formula is C17H19N5OS. The van der Waals surface area contributed by atoms with Gasteiger partial charge in [-0.05, 0) is 30.0 Å². The normalized spacial score (nSPS) is 10.8. The van der Waals surface area contributed by atoms with Gasteiger partial charge in [-0.15, -0.1) is 11.3 Å². The predicted octanol–water partition coefficient (Wildman–Crippen LogP) is 2.73. The third kappa shape index (κ3) is 3.07. The Kier molecular flexibility index (Phi) is 4.69. The Hall–Kier alpha value is -2.56. The number of anilines is 1. The zero-order chi connectivity index (χ0) is 17.1. The largest absolute Gasteiger partial charge is 0.394 e. The lowest BCUT2D eigenvalue weighted by Crippen LogP contribution is -2.10. The fourth-order valence-corrected chi connectivity index (χ4v) is 3.28. The molecule has 0 aliphatic rings. The average Bonchev–Trinajstić information content (AvgIpc) is 3.28. The van der Waals surface area contributed by atoms with E-state index in [1.807, 2.05) is 48.2 Å². The van der Waals surface area contributed by atoms with Crippen molar-refractivity contribution in [3.63, 3.8) is 0 Å². The number of hydrogen-bond donors (Lipinski definition) is 2. The van der Waals surface area contributed by atoms with Crippen LogP contribution >= 0.6 is 11.3 Å². The van der Waals surface area contributed by atoms with Gasteiger partial charge in [-0.2, -0.15) is 10.4 Å². The van der Waals surface area contributed by atoms with Crippen molar-refractivity contribution in [3.8, 4) is 16.6 Å². The molecule has 0 spiro atoms. The molecule has 0 aliphatic heterocycles. The van der Waals surface area contributed by atoms with Crippen molar-refractivity contribution in [2.75, 3.05) is 11.9 Å². The third-order valence-corrected chi connectivity index (χ3v) is 4.97. The maximum atomic E-state index is 9.26. The van der Waals surface area contributed by atoms with Crippen LogP contribution in [-0.2, 0) is 20.1 Å². The zero-order valence-corrected chi connectivity index (χ0v) is 14.5. The van der Waals surface area contributed by atoms with E-state index >= 15 is 0 Å². The van der Waals surface area contributed by atoms with E-state index in [0.717, 1.165) is 27.6 Å². The monoisotopic (exact) mass is 341 g/mol. The molecule has 0 saturated heterocycles. The molecular weight excluding hydrogens is 322 g/mol. The van der Waals surface area contributed by atoms with Crippen LogP contribution in [0, 0.1) is 18.3 Å². The summed E-state index contributed by atoms with van der Waals surface area (Å²) in [4.78, 5) is 1.09. The van der Waals surface area contributed by atoms with Crippen molar-refractivity contribution < 1.29 is 5.11 Å². The quantitative estimate of drug-likeness (QED) is 0.722. The number of hydrogen-bond acceptors (Lipinski definition) is 5. The standard InChI is InChI=1S/C17H19N5OS/c1-12-13(8-14(10-18)21(12)2)11-19-17-9-15(16-4-3-7-24-16)20-22(17)5-6-23/h3-4,7-9,19,23H,5-6,11H2,1-2H3. The lowest BCUT2D eigenvalue weighted by atomic mass is 10.2. The Morgan fingerprint density at radius 3 is 2.88 bits per heavy atom. The first-order valence-electron chi connectivity index (χ1n) is 7.65. The van der Waals surface area contributed by atoms with E-state index in [1.165, 1.54) is 0 Å². The highest BCUT2D eigenvalue weighted by molar-refractivity contribution is 7.13. The summed E-state index contributed by atoms with van der Waals surface area (Å²) >= 11 is 1.64. The Morgan fingerprint density at radius 1 is 1.42 bits per heavy atom. The maximum Gasteiger partial charge on any atom is 0.125 e. The topological polar surface area (TPSA) is 78.8 Å². The van der Waals surface area contributed by atoms with E-state index in [2.05, 4.69) is 16.5 Å². The summed E-state index contributed by atoms with van der Waals surface area (Å²) < 4.78 is 3.66. The van der Waals surface area contributed by atoms with Gasteiger partial charge in [0.2, 0.25) is 0 Å². The number of aliphatic hydroxyl groups is 1. The van der Waals surface area contributed by atoms with Gasteiger partial charge >= 0.3 is 0 Å². The molecule has 0 saturated carbocycles. The number of nitrogens with zero attached hydrogens (tertiary/aromatic N) is 4. The molecule has 3 rings (SSSR count). The van der Waals surface area contributed by atoms with Crippen LogP contribution in [-0.4, -0.2) is 26.1 Å². The van der Waals surface area contributed by atoms with Gasteiger partial charge in [0, 0.05) is 25.4 Å². The summed E-state index contributed by atoms with van der Waals surface area (Å²) in [6, 6.07) is 10.1. The molecule has 124 valence electrons. The van der Waals surface area contributed by atoms with Crippen molar-refractivity contribution in [2.45, 2.75) is 20.0 Å². The highest BCUT2D eigenvalue weighted by Crippen LogP contribution is 2.26. The molecule has 0 aliphatic carbocycles. The van der Waals surface area contributed by atoms with E-state index in [0.29, 0.717) is 18.8 Å². The fraction of sp³-hybridized carbons (Fsp3) is 0.294. The molecule has 0 unspecified atom stereocenters. The van der Waals surface area contributed by atoms with Crippen LogP contribution in [0.15, 0.2) is 29.6 Å². The van der Waals surface area contributed by atoms with Crippen LogP contribution in [0.2, 0.25) is 0 Å². The Morgan fingerprint density at radius 2 is 2.25 bits per heavy atom. The highest BCUT2D eigenvalue weighted by atomic mass is 32.1. The number of aliphatic hydroxyl groups excluding tert-OH is 1. The molecule has 3 heterocycles. The van der Waals surface area contributed by atoms with Crippen molar-refractivity contribution in [3.05, 3.63) is 46.6 Å². The van der Waals surface area contributed by atoms with Gasteiger partial charge in [-0.3, -0.25) is 0 Å². The van der Waals surface area contributed by atoms with Crippen LogP contribution < -0.4 is 5.32 Å². The molecule has 7 heteroatoms. The van der Waals surface area contributed by atoms with Gasteiger partial charge in [0.25, 0.3) is 0 Å². The zero-order valence-electron chi connectivity index (χ0n) is 13.7. The first-order chi connectivity index (χ1) is 11.6. The van der Waals surface area contributed by atoms with Crippen LogP contribution in [0.5, 0.6) is 0 Å². The molecule has 0 radical (unpaired) electrons. The summed E-state index contributed by atoms with van der Waals surface area (Å²) in [6.07, 6.45) is 0.